The van der Waals surface area contributed by atoms with Gasteiger partial charge in [0.05, 0.1) is 32.0 Å². The molecule has 2 atom stereocenters. The Morgan fingerprint density at radius 2 is 2.00 bits per heavy atom. The Bertz CT molecular complexity index is 415. The smallest absolute Gasteiger partial charge is 0.0802 e. The zero-order valence-corrected chi connectivity index (χ0v) is 12.4. The van der Waals surface area contributed by atoms with E-state index in [1.807, 2.05) is 26.0 Å². The van der Waals surface area contributed by atoms with Crippen LogP contribution in [0.4, 0.5) is 0 Å². The van der Waals surface area contributed by atoms with Crippen molar-refractivity contribution in [3.63, 3.8) is 0 Å². The molecule has 1 aliphatic heterocycles. The van der Waals surface area contributed by atoms with Gasteiger partial charge >= 0.3 is 0 Å². The maximum Gasteiger partial charge on any atom is 0.0802 e. The number of aliphatic hydroxyl groups excluding tert-OH is 2. The zero-order chi connectivity index (χ0) is 14.5. The Kier molecular flexibility index (Phi) is 5.54. The second-order valence-electron chi connectivity index (χ2n) is 5.67. The highest BCUT2D eigenvalue weighted by Gasteiger charge is 2.22. The van der Waals surface area contributed by atoms with E-state index in [2.05, 4.69) is 11.0 Å². The summed E-state index contributed by atoms with van der Waals surface area (Å²) in [4.78, 5) is 2.20. The molecule has 1 fully saturated rings. The number of hydrogen-bond donors (Lipinski definition) is 2. The molecular formula is C16H25NO3. The fraction of sp³-hybridized carbons (Fsp3) is 0.625. The lowest BCUT2D eigenvalue weighted by molar-refractivity contribution is -0.0321. The molecule has 0 aliphatic carbocycles. The number of aliphatic hydroxyl groups is 2. The van der Waals surface area contributed by atoms with Gasteiger partial charge in [-0.2, -0.15) is 0 Å². The van der Waals surface area contributed by atoms with Crippen molar-refractivity contribution < 1.29 is 14.9 Å². The second kappa shape index (κ2) is 7.18. The molecule has 1 heterocycles. The van der Waals surface area contributed by atoms with Gasteiger partial charge in [-0.3, -0.25) is 4.90 Å². The van der Waals surface area contributed by atoms with E-state index < -0.39 is 6.10 Å². The van der Waals surface area contributed by atoms with E-state index in [1.165, 1.54) is 11.1 Å². The lowest BCUT2D eigenvalue weighted by Crippen LogP contribution is -2.48. The highest BCUT2D eigenvalue weighted by atomic mass is 16.5. The average molecular weight is 279 g/mol. The Balaban J connectivity index is 1.92. The number of morpholine rings is 1. The largest absolute Gasteiger partial charge is 0.395 e. The van der Waals surface area contributed by atoms with Gasteiger partial charge in [0, 0.05) is 13.1 Å². The highest BCUT2D eigenvalue weighted by Crippen LogP contribution is 2.21. The summed E-state index contributed by atoms with van der Waals surface area (Å²) in [6.45, 7) is 7.10. The van der Waals surface area contributed by atoms with Crippen molar-refractivity contribution in [1.29, 1.82) is 0 Å². The van der Waals surface area contributed by atoms with Crippen LogP contribution in [0.3, 0.4) is 0 Å². The quantitative estimate of drug-likeness (QED) is 0.856. The molecule has 0 aromatic heterocycles. The van der Waals surface area contributed by atoms with Gasteiger partial charge in [0.25, 0.3) is 0 Å². The predicted octanol–water partition coefficient (Wildman–Crippen LogP) is 1.42. The van der Waals surface area contributed by atoms with E-state index in [0.29, 0.717) is 19.6 Å². The summed E-state index contributed by atoms with van der Waals surface area (Å²) in [5.74, 6) is 0. The summed E-state index contributed by atoms with van der Waals surface area (Å²) in [6, 6.07) is 6.26. The lowest BCUT2D eigenvalue weighted by Gasteiger charge is -2.34. The van der Waals surface area contributed by atoms with E-state index in [4.69, 9.17) is 4.74 Å². The lowest BCUT2D eigenvalue weighted by atomic mass is 10.0. The van der Waals surface area contributed by atoms with Gasteiger partial charge in [-0.15, -0.1) is 0 Å². The van der Waals surface area contributed by atoms with Crippen molar-refractivity contribution in [2.24, 2.45) is 0 Å². The van der Waals surface area contributed by atoms with Crippen LogP contribution in [0.1, 0.15) is 29.2 Å². The SMILES string of the molecule is Cc1cc(C)cc(C(O)CCN2CCOCC2CO)c1. The molecule has 0 spiro atoms. The molecule has 2 rings (SSSR count). The second-order valence-corrected chi connectivity index (χ2v) is 5.67. The van der Waals surface area contributed by atoms with E-state index in [9.17, 15) is 10.2 Å². The van der Waals surface area contributed by atoms with E-state index in [1.54, 1.807) is 0 Å². The molecule has 112 valence electrons. The molecule has 1 aliphatic rings. The number of hydrogen-bond acceptors (Lipinski definition) is 4. The maximum atomic E-state index is 10.3. The van der Waals surface area contributed by atoms with Crippen LogP contribution >= 0.6 is 0 Å². The summed E-state index contributed by atoms with van der Waals surface area (Å²) in [7, 11) is 0. The summed E-state index contributed by atoms with van der Waals surface area (Å²) in [5, 5.41) is 19.7. The Morgan fingerprint density at radius 1 is 1.30 bits per heavy atom. The molecule has 4 heteroatoms. The van der Waals surface area contributed by atoms with Crippen molar-refractivity contribution in [1.82, 2.24) is 4.90 Å². The Morgan fingerprint density at radius 3 is 2.65 bits per heavy atom. The average Bonchev–Trinajstić information content (AvgIpc) is 2.44. The molecular weight excluding hydrogens is 254 g/mol. The number of rotatable bonds is 5. The van der Waals surface area contributed by atoms with E-state index >= 15 is 0 Å². The molecule has 1 aromatic carbocycles. The monoisotopic (exact) mass is 279 g/mol. The molecule has 1 aromatic rings. The first-order chi connectivity index (χ1) is 9.60. The van der Waals surface area contributed by atoms with Crippen molar-refractivity contribution in [2.45, 2.75) is 32.4 Å². The standard InChI is InChI=1S/C16H25NO3/c1-12-7-13(2)9-14(8-12)16(19)3-4-17-5-6-20-11-15(17)10-18/h7-9,15-16,18-19H,3-6,10-11H2,1-2H3. The van der Waals surface area contributed by atoms with Gasteiger partial charge in [-0.1, -0.05) is 29.3 Å². The number of benzene rings is 1. The third-order valence-electron chi connectivity index (χ3n) is 3.88. The highest BCUT2D eigenvalue weighted by molar-refractivity contribution is 5.29. The van der Waals surface area contributed by atoms with Crippen LogP contribution in [0, 0.1) is 13.8 Å². The van der Waals surface area contributed by atoms with Crippen LogP contribution in [0.2, 0.25) is 0 Å². The van der Waals surface area contributed by atoms with Gasteiger partial charge in [0.1, 0.15) is 0 Å². The molecule has 4 nitrogen and oxygen atoms in total. The summed E-state index contributed by atoms with van der Waals surface area (Å²) in [6.07, 6.45) is 0.232. The minimum atomic E-state index is -0.448. The molecule has 20 heavy (non-hydrogen) atoms. The molecule has 0 radical (unpaired) electrons. The number of nitrogens with zero attached hydrogens (tertiary/aromatic N) is 1. The van der Waals surface area contributed by atoms with Gasteiger partial charge in [-0.25, -0.2) is 0 Å². The van der Waals surface area contributed by atoms with Crippen LogP contribution in [0.5, 0.6) is 0 Å². The normalized spacial score (nSPS) is 21.9. The van der Waals surface area contributed by atoms with Crippen LogP contribution in [-0.4, -0.2) is 54.1 Å². The Labute approximate surface area is 121 Å². The fourth-order valence-corrected chi connectivity index (χ4v) is 2.81. The van der Waals surface area contributed by atoms with Crippen molar-refractivity contribution >= 4 is 0 Å². The first kappa shape index (κ1) is 15.4. The van der Waals surface area contributed by atoms with Crippen LogP contribution < -0.4 is 0 Å². The van der Waals surface area contributed by atoms with Crippen molar-refractivity contribution in [3.05, 3.63) is 34.9 Å². The molecule has 0 amide bonds. The van der Waals surface area contributed by atoms with Gasteiger partial charge in [0.2, 0.25) is 0 Å². The van der Waals surface area contributed by atoms with Crippen LogP contribution in [0.15, 0.2) is 18.2 Å². The minimum absolute atomic E-state index is 0.0650. The van der Waals surface area contributed by atoms with E-state index in [-0.39, 0.29) is 12.6 Å². The molecule has 1 saturated heterocycles. The molecule has 0 bridgehead atoms. The van der Waals surface area contributed by atoms with Gasteiger partial charge in [-0.05, 0) is 25.8 Å². The van der Waals surface area contributed by atoms with Crippen LogP contribution in [-0.2, 0) is 4.74 Å². The summed E-state index contributed by atoms with van der Waals surface area (Å²) < 4.78 is 5.36. The minimum Gasteiger partial charge on any atom is -0.395 e. The maximum absolute atomic E-state index is 10.3. The zero-order valence-electron chi connectivity index (χ0n) is 12.4. The third-order valence-corrected chi connectivity index (χ3v) is 3.88. The van der Waals surface area contributed by atoms with Crippen molar-refractivity contribution in [2.75, 3.05) is 32.9 Å². The van der Waals surface area contributed by atoms with Crippen molar-refractivity contribution in [3.8, 4) is 0 Å². The Hall–Kier alpha value is -0.940. The van der Waals surface area contributed by atoms with Crippen LogP contribution in [0.25, 0.3) is 0 Å². The first-order valence-electron chi connectivity index (χ1n) is 7.29. The predicted molar refractivity (Wildman–Crippen MR) is 78.8 cm³/mol. The third kappa shape index (κ3) is 4.03. The molecule has 0 saturated carbocycles. The fourth-order valence-electron chi connectivity index (χ4n) is 2.81. The molecule has 2 unspecified atom stereocenters. The summed E-state index contributed by atoms with van der Waals surface area (Å²) >= 11 is 0. The number of ether oxygens (including phenoxy) is 1. The van der Waals surface area contributed by atoms with E-state index in [0.717, 1.165) is 18.7 Å². The van der Waals surface area contributed by atoms with Gasteiger partial charge in [0.15, 0.2) is 0 Å². The topological polar surface area (TPSA) is 52.9 Å². The number of aryl methyl sites for hydroxylation is 2. The first-order valence-corrected chi connectivity index (χ1v) is 7.29. The summed E-state index contributed by atoms with van der Waals surface area (Å²) in [5.41, 5.74) is 3.34. The van der Waals surface area contributed by atoms with Gasteiger partial charge < -0.3 is 14.9 Å². The molecule has 2 N–H and O–H groups in total.